The Labute approximate surface area is 168 Å². The van der Waals surface area contributed by atoms with Crippen LogP contribution in [0.15, 0.2) is 34.0 Å². The van der Waals surface area contributed by atoms with Crippen LogP contribution in [0, 0.1) is 11.8 Å². The number of carbonyl (C=O) groups is 2. The molecule has 7 heteroatoms. The third kappa shape index (κ3) is 7.24. The van der Waals surface area contributed by atoms with Crippen molar-refractivity contribution < 1.29 is 19.8 Å². The van der Waals surface area contributed by atoms with E-state index in [1.54, 1.807) is 0 Å². The Morgan fingerprint density at radius 1 is 1.56 bits per heavy atom. The minimum Gasteiger partial charge on any atom is -0.476 e. The molecule has 0 spiro atoms. The van der Waals surface area contributed by atoms with E-state index in [-0.39, 0.29) is 23.6 Å². The van der Waals surface area contributed by atoms with Crippen LogP contribution >= 0.6 is 23.1 Å². The minimum atomic E-state index is -1.01. The van der Waals surface area contributed by atoms with Gasteiger partial charge in [0.2, 0.25) is 0 Å². The summed E-state index contributed by atoms with van der Waals surface area (Å²) in [6, 6.07) is 0. The molecule has 27 heavy (non-hydrogen) atoms. The second-order valence-corrected chi connectivity index (χ2v) is 9.23. The molecule has 0 unspecified atom stereocenters. The molecule has 1 fully saturated rings. The summed E-state index contributed by atoms with van der Waals surface area (Å²) in [5.41, 5.74) is 1.15. The van der Waals surface area contributed by atoms with E-state index in [0.717, 1.165) is 41.3 Å². The van der Waals surface area contributed by atoms with Gasteiger partial charge in [0.25, 0.3) is 0 Å². The standard InChI is InChI=1S/C20H27NO4S2/c1-13(2)6-8-15(22)5-3-4-14-7-9-18(23)16(14)10-11-26-20-21-17(12-27-20)19(24)25/h3-4,12,14-16,22H,1,5-11H2,2H3,(H,24,25)/b4-3+/t14-,15+,16+/m0/s1. The highest BCUT2D eigenvalue weighted by Gasteiger charge is 2.32. The first-order valence-corrected chi connectivity index (χ1v) is 11.1. The maximum Gasteiger partial charge on any atom is 0.355 e. The van der Waals surface area contributed by atoms with Gasteiger partial charge >= 0.3 is 5.97 Å². The number of carboxylic acids is 1. The van der Waals surface area contributed by atoms with E-state index >= 15 is 0 Å². The lowest BCUT2D eigenvalue weighted by atomic mass is 9.92. The summed E-state index contributed by atoms with van der Waals surface area (Å²) in [6.07, 6.45) is 8.14. The number of allylic oxidation sites excluding steroid dienone is 2. The number of rotatable bonds is 11. The van der Waals surface area contributed by atoms with Crippen molar-refractivity contribution in [2.45, 2.75) is 55.9 Å². The number of aromatic carboxylic acids is 1. The Kier molecular flexibility index (Phi) is 8.73. The molecular formula is C20H27NO4S2. The van der Waals surface area contributed by atoms with E-state index in [0.29, 0.717) is 18.6 Å². The van der Waals surface area contributed by atoms with Crippen molar-refractivity contribution in [1.29, 1.82) is 0 Å². The van der Waals surface area contributed by atoms with Gasteiger partial charge in [-0.2, -0.15) is 0 Å². The maximum atomic E-state index is 12.2. The lowest BCUT2D eigenvalue weighted by molar-refractivity contribution is -0.121. The zero-order valence-corrected chi connectivity index (χ0v) is 17.2. The summed E-state index contributed by atoms with van der Waals surface area (Å²) in [5.74, 6) is 0.282. The van der Waals surface area contributed by atoms with Crippen molar-refractivity contribution in [3.8, 4) is 0 Å². The third-order valence-electron chi connectivity index (χ3n) is 4.71. The van der Waals surface area contributed by atoms with E-state index in [1.807, 2.05) is 13.0 Å². The second-order valence-electron chi connectivity index (χ2n) is 7.03. The molecule has 1 aromatic rings. The van der Waals surface area contributed by atoms with Crippen LogP contribution in [-0.4, -0.2) is 38.8 Å². The van der Waals surface area contributed by atoms with Gasteiger partial charge in [-0.25, -0.2) is 9.78 Å². The molecule has 0 radical (unpaired) electrons. The van der Waals surface area contributed by atoms with Crippen LogP contribution in [0.5, 0.6) is 0 Å². The van der Waals surface area contributed by atoms with Crippen molar-refractivity contribution in [3.63, 3.8) is 0 Å². The summed E-state index contributed by atoms with van der Waals surface area (Å²) in [5, 5.41) is 20.4. The van der Waals surface area contributed by atoms with Gasteiger partial charge in [0, 0.05) is 23.5 Å². The number of ketones is 1. The van der Waals surface area contributed by atoms with Crippen LogP contribution < -0.4 is 0 Å². The number of Topliss-reactive ketones (excluding diaryl/α,β-unsaturated/α-hetero) is 1. The zero-order chi connectivity index (χ0) is 19.8. The number of hydrogen-bond donors (Lipinski definition) is 2. The smallest absolute Gasteiger partial charge is 0.355 e. The molecule has 1 aliphatic rings. The van der Waals surface area contributed by atoms with Crippen LogP contribution in [0.2, 0.25) is 0 Å². The first-order chi connectivity index (χ1) is 12.9. The van der Waals surface area contributed by atoms with Crippen molar-refractivity contribution in [2.24, 2.45) is 11.8 Å². The molecule has 2 rings (SSSR count). The number of thioether (sulfide) groups is 1. The summed E-state index contributed by atoms with van der Waals surface area (Å²) in [4.78, 5) is 27.1. The third-order valence-corrected chi connectivity index (χ3v) is 6.76. The molecule has 148 valence electrons. The van der Waals surface area contributed by atoms with Crippen LogP contribution in [0.1, 0.15) is 55.9 Å². The van der Waals surface area contributed by atoms with E-state index in [4.69, 9.17) is 5.11 Å². The SMILES string of the molecule is C=C(C)CC[C@H](O)C/C=C/[C@H]1CCC(=O)[C@@H]1CCSc1nc(C(=O)O)cs1. The van der Waals surface area contributed by atoms with Gasteiger partial charge in [0.15, 0.2) is 10.0 Å². The molecule has 1 heterocycles. The van der Waals surface area contributed by atoms with Crippen molar-refractivity contribution >= 4 is 34.9 Å². The average molecular weight is 410 g/mol. The topological polar surface area (TPSA) is 87.5 Å². The molecule has 0 aromatic carbocycles. The Morgan fingerprint density at radius 3 is 3.00 bits per heavy atom. The highest BCUT2D eigenvalue weighted by molar-refractivity contribution is 8.01. The largest absolute Gasteiger partial charge is 0.476 e. The first-order valence-electron chi connectivity index (χ1n) is 9.20. The number of hydrogen-bond acceptors (Lipinski definition) is 6. The van der Waals surface area contributed by atoms with Crippen LogP contribution in [0.3, 0.4) is 0 Å². The number of thiazole rings is 1. The predicted octanol–water partition coefficient (Wildman–Crippen LogP) is 4.58. The number of aliphatic hydroxyl groups excluding tert-OH is 1. The van der Waals surface area contributed by atoms with Gasteiger partial charge in [-0.15, -0.1) is 17.9 Å². The summed E-state index contributed by atoms with van der Waals surface area (Å²) >= 11 is 2.83. The Balaban J connectivity index is 1.78. The fourth-order valence-corrected chi connectivity index (χ4v) is 5.07. The molecule has 1 saturated carbocycles. The molecule has 0 aliphatic heterocycles. The van der Waals surface area contributed by atoms with E-state index < -0.39 is 5.97 Å². The maximum absolute atomic E-state index is 12.2. The molecule has 3 atom stereocenters. The predicted molar refractivity (Wildman–Crippen MR) is 109 cm³/mol. The summed E-state index contributed by atoms with van der Waals surface area (Å²) in [7, 11) is 0. The zero-order valence-electron chi connectivity index (χ0n) is 15.6. The van der Waals surface area contributed by atoms with Crippen molar-refractivity contribution in [1.82, 2.24) is 4.98 Å². The number of carbonyl (C=O) groups excluding carboxylic acids is 1. The highest BCUT2D eigenvalue weighted by atomic mass is 32.2. The summed E-state index contributed by atoms with van der Waals surface area (Å²) < 4.78 is 0.727. The average Bonchev–Trinajstić information content (AvgIpc) is 3.21. The molecule has 1 aliphatic carbocycles. The van der Waals surface area contributed by atoms with Crippen LogP contribution in [0.4, 0.5) is 0 Å². The van der Waals surface area contributed by atoms with Crippen LogP contribution in [-0.2, 0) is 4.79 Å². The number of aromatic nitrogens is 1. The van der Waals surface area contributed by atoms with Gasteiger partial charge < -0.3 is 10.2 Å². The van der Waals surface area contributed by atoms with E-state index in [2.05, 4.69) is 17.6 Å². The Bertz CT molecular complexity index is 698. The number of carboxylic acid groups (broad SMARTS) is 1. The fraction of sp³-hybridized carbons (Fsp3) is 0.550. The minimum absolute atomic E-state index is 0.0141. The quantitative estimate of drug-likeness (QED) is 0.411. The number of nitrogens with zero attached hydrogens (tertiary/aromatic N) is 1. The lowest BCUT2D eigenvalue weighted by Gasteiger charge is -2.14. The fourth-order valence-electron chi connectivity index (χ4n) is 3.18. The van der Waals surface area contributed by atoms with Crippen molar-refractivity contribution in [2.75, 3.05) is 5.75 Å². The van der Waals surface area contributed by atoms with Gasteiger partial charge in [0.1, 0.15) is 5.78 Å². The van der Waals surface area contributed by atoms with Crippen molar-refractivity contribution in [3.05, 3.63) is 35.4 Å². The second kappa shape index (κ2) is 10.8. The molecule has 0 bridgehead atoms. The Hall–Kier alpha value is -1.44. The van der Waals surface area contributed by atoms with E-state index in [1.165, 1.54) is 28.5 Å². The number of aliphatic hydroxyl groups is 1. The van der Waals surface area contributed by atoms with E-state index in [9.17, 15) is 14.7 Å². The first kappa shape index (κ1) is 21.9. The molecule has 0 amide bonds. The normalized spacial score (nSPS) is 21.0. The molecule has 2 N–H and O–H groups in total. The molecular weight excluding hydrogens is 382 g/mol. The van der Waals surface area contributed by atoms with Crippen LogP contribution in [0.25, 0.3) is 0 Å². The van der Waals surface area contributed by atoms with Gasteiger partial charge in [-0.05, 0) is 44.9 Å². The molecule has 0 saturated heterocycles. The summed E-state index contributed by atoms with van der Waals surface area (Å²) in [6.45, 7) is 5.81. The van der Waals surface area contributed by atoms with Gasteiger partial charge in [0.05, 0.1) is 6.10 Å². The molecule has 1 aromatic heterocycles. The Morgan fingerprint density at radius 2 is 2.33 bits per heavy atom. The highest BCUT2D eigenvalue weighted by Crippen LogP contribution is 2.34. The van der Waals surface area contributed by atoms with Gasteiger partial charge in [-0.3, -0.25) is 4.79 Å². The monoisotopic (exact) mass is 409 g/mol. The molecule has 5 nitrogen and oxygen atoms in total. The lowest BCUT2D eigenvalue weighted by Crippen LogP contribution is -2.14. The van der Waals surface area contributed by atoms with Gasteiger partial charge in [-0.1, -0.05) is 29.5 Å².